The molecule has 0 saturated heterocycles. The summed E-state index contributed by atoms with van der Waals surface area (Å²) in [5.41, 5.74) is 2.29. The van der Waals surface area contributed by atoms with Gasteiger partial charge < -0.3 is 10.4 Å². The highest BCUT2D eigenvalue weighted by Gasteiger charge is 2.22. The van der Waals surface area contributed by atoms with Crippen molar-refractivity contribution in [1.29, 1.82) is 0 Å². The van der Waals surface area contributed by atoms with Gasteiger partial charge in [-0.05, 0) is 36.1 Å². The van der Waals surface area contributed by atoms with Crippen molar-refractivity contribution in [3.63, 3.8) is 0 Å². The van der Waals surface area contributed by atoms with E-state index in [1.807, 2.05) is 57.4 Å². The minimum Gasteiger partial charge on any atom is -0.506 e. The van der Waals surface area contributed by atoms with Crippen molar-refractivity contribution in [2.75, 3.05) is 11.6 Å². The Bertz CT molecular complexity index is 1060. The monoisotopic (exact) mass is 444 g/mol. The maximum Gasteiger partial charge on any atom is 0.320 e. The molecule has 1 aromatic heterocycles. The Labute approximate surface area is 185 Å². The SMILES string of the molecule is CSc1ccccc1CNC(=O)Nc1cc(C(C)(C)C)nn1-c1ccc(O)c(Cl)c1. The summed E-state index contributed by atoms with van der Waals surface area (Å²) in [4.78, 5) is 13.7. The molecule has 3 N–H and O–H groups in total. The van der Waals surface area contributed by atoms with Gasteiger partial charge in [0.05, 0.1) is 16.4 Å². The van der Waals surface area contributed by atoms with Gasteiger partial charge in [0, 0.05) is 22.9 Å². The molecule has 0 fully saturated rings. The molecule has 0 aliphatic rings. The first-order chi connectivity index (χ1) is 14.2. The molecule has 8 heteroatoms. The standard InChI is InChI=1S/C22H25ClN4O2S/c1-22(2,3)19-12-20(27(26-19)15-9-10-17(28)16(23)11-15)25-21(29)24-13-14-7-5-6-8-18(14)30-4/h5-12,28H,13H2,1-4H3,(H2,24,25,29). The third-order valence-corrected chi connectivity index (χ3v) is 5.67. The lowest BCUT2D eigenvalue weighted by Crippen LogP contribution is -2.29. The number of hydrogen-bond donors (Lipinski definition) is 3. The van der Waals surface area contributed by atoms with Gasteiger partial charge in [0.2, 0.25) is 0 Å². The van der Waals surface area contributed by atoms with Gasteiger partial charge in [-0.2, -0.15) is 5.10 Å². The molecule has 0 unspecified atom stereocenters. The Kier molecular flexibility index (Phi) is 6.63. The summed E-state index contributed by atoms with van der Waals surface area (Å²) in [6.07, 6.45) is 2.01. The number of urea groups is 1. The fourth-order valence-corrected chi connectivity index (χ4v) is 3.64. The van der Waals surface area contributed by atoms with Crippen LogP contribution in [0.1, 0.15) is 32.0 Å². The number of hydrogen-bond acceptors (Lipinski definition) is 4. The summed E-state index contributed by atoms with van der Waals surface area (Å²) in [5, 5.41) is 20.4. The number of rotatable bonds is 5. The van der Waals surface area contributed by atoms with Crippen molar-refractivity contribution < 1.29 is 9.90 Å². The van der Waals surface area contributed by atoms with Crippen LogP contribution in [0.2, 0.25) is 5.02 Å². The molecule has 6 nitrogen and oxygen atoms in total. The van der Waals surface area contributed by atoms with Crippen LogP contribution in [0.5, 0.6) is 5.75 Å². The van der Waals surface area contributed by atoms with E-state index in [4.69, 9.17) is 11.6 Å². The molecule has 0 aliphatic heterocycles. The van der Waals surface area contributed by atoms with E-state index in [9.17, 15) is 9.90 Å². The van der Waals surface area contributed by atoms with Gasteiger partial charge >= 0.3 is 6.03 Å². The highest BCUT2D eigenvalue weighted by molar-refractivity contribution is 7.98. The average Bonchev–Trinajstić information content (AvgIpc) is 3.13. The van der Waals surface area contributed by atoms with Gasteiger partial charge in [-0.1, -0.05) is 50.6 Å². The van der Waals surface area contributed by atoms with Gasteiger partial charge in [0.1, 0.15) is 11.6 Å². The minimum atomic E-state index is -0.336. The molecular formula is C22H25ClN4O2S. The molecule has 0 atom stereocenters. The first-order valence-electron chi connectivity index (χ1n) is 9.45. The van der Waals surface area contributed by atoms with Crippen LogP contribution in [0, 0.1) is 0 Å². The summed E-state index contributed by atoms with van der Waals surface area (Å²) in [5.74, 6) is 0.501. The molecule has 2 amide bonds. The zero-order chi connectivity index (χ0) is 21.9. The van der Waals surface area contributed by atoms with Crippen LogP contribution >= 0.6 is 23.4 Å². The fourth-order valence-electron chi connectivity index (χ4n) is 2.85. The third-order valence-electron chi connectivity index (χ3n) is 4.53. The summed E-state index contributed by atoms with van der Waals surface area (Å²) in [6, 6.07) is 14.3. The summed E-state index contributed by atoms with van der Waals surface area (Å²) < 4.78 is 1.61. The van der Waals surface area contributed by atoms with Gasteiger partial charge in [-0.15, -0.1) is 11.8 Å². The van der Waals surface area contributed by atoms with Crippen molar-refractivity contribution in [2.45, 2.75) is 37.6 Å². The molecule has 0 radical (unpaired) electrons. The largest absolute Gasteiger partial charge is 0.506 e. The zero-order valence-corrected chi connectivity index (χ0v) is 18.9. The van der Waals surface area contributed by atoms with E-state index in [0.717, 1.165) is 16.2 Å². The number of carbonyl (C=O) groups is 1. The Morgan fingerprint density at radius 1 is 1.20 bits per heavy atom. The zero-order valence-electron chi connectivity index (χ0n) is 17.4. The van der Waals surface area contributed by atoms with E-state index in [1.165, 1.54) is 6.07 Å². The number of aromatic hydroxyl groups is 1. The summed E-state index contributed by atoms with van der Waals surface area (Å²) in [7, 11) is 0. The number of phenols is 1. The van der Waals surface area contributed by atoms with Crippen molar-refractivity contribution in [1.82, 2.24) is 15.1 Å². The Balaban J connectivity index is 1.84. The van der Waals surface area contributed by atoms with E-state index in [2.05, 4.69) is 15.7 Å². The molecule has 0 bridgehead atoms. The molecule has 3 rings (SSSR count). The van der Waals surface area contributed by atoms with Crippen LogP contribution in [-0.2, 0) is 12.0 Å². The van der Waals surface area contributed by atoms with Gasteiger partial charge in [-0.3, -0.25) is 5.32 Å². The maximum atomic E-state index is 12.6. The van der Waals surface area contributed by atoms with Crippen LogP contribution in [-0.4, -0.2) is 27.2 Å². The number of amides is 2. The number of aromatic nitrogens is 2. The number of halogens is 1. The highest BCUT2D eigenvalue weighted by atomic mass is 35.5. The van der Waals surface area contributed by atoms with Gasteiger partial charge in [0.25, 0.3) is 0 Å². The predicted molar refractivity (Wildman–Crippen MR) is 123 cm³/mol. The van der Waals surface area contributed by atoms with E-state index in [-0.39, 0.29) is 22.2 Å². The van der Waals surface area contributed by atoms with E-state index < -0.39 is 0 Å². The summed E-state index contributed by atoms with van der Waals surface area (Å²) >= 11 is 7.71. The lowest BCUT2D eigenvalue weighted by molar-refractivity contribution is 0.251. The molecule has 3 aromatic rings. The first kappa shape index (κ1) is 22.1. The number of phenolic OH excluding ortho intramolecular Hbond substituents is 1. The number of benzene rings is 2. The van der Waals surface area contributed by atoms with Crippen LogP contribution in [0.15, 0.2) is 53.4 Å². The van der Waals surface area contributed by atoms with E-state index in [1.54, 1.807) is 28.6 Å². The Morgan fingerprint density at radius 3 is 2.60 bits per heavy atom. The second kappa shape index (κ2) is 9.02. The lowest BCUT2D eigenvalue weighted by Gasteiger charge is -2.14. The maximum absolute atomic E-state index is 12.6. The first-order valence-corrected chi connectivity index (χ1v) is 11.1. The predicted octanol–water partition coefficient (Wildman–Crippen LogP) is 5.57. The Hall–Kier alpha value is -2.64. The fraction of sp³-hybridized carbons (Fsp3) is 0.273. The third kappa shape index (κ3) is 5.09. The van der Waals surface area contributed by atoms with Crippen LogP contribution in [0.4, 0.5) is 10.6 Å². The molecular weight excluding hydrogens is 420 g/mol. The molecule has 30 heavy (non-hydrogen) atoms. The Morgan fingerprint density at radius 2 is 1.93 bits per heavy atom. The topological polar surface area (TPSA) is 79.2 Å². The van der Waals surface area contributed by atoms with E-state index in [0.29, 0.717) is 18.1 Å². The molecule has 0 aliphatic carbocycles. The number of nitrogens with zero attached hydrogens (tertiary/aromatic N) is 2. The van der Waals surface area contributed by atoms with Crippen molar-refractivity contribution in [3.8, 4) is 11.4 Å². The number of nitrogens with one attached hydrogen (secondary N) is 2. The number of anilines is 1. The average molecular weight is 445 g/mol. The highest BCUT2D eigenvalue weighted by Crippen LogP contribution is 2.30. The molecule has 1 heterocycles. The van der Waals surface area contributed by atoms with Crippen LogP contribution in [0.3, 0.4) is 0 Å². The molecule has 2 aromatic carbocycles. The second-order valence-electron chi connectivity index (χ2n) is 7.83. The lowest BCUT2D eigenvalue weighted by atomic mass is 9.92. The summed E-state index contributed by atoms with van der Waals surface area (Å²) in [6.45, 7) is 6.56. The quantitative estimate of drug-likeness (QED) is 0.449. The van der Waals surface area contributed by atoms with Crippen molar-refractivity contribution in [3.05, 3.63) is 64.8 Å². The van der Waals surface area contributed by atoms with Crippen molar-refractivity contribution >= 4 is 35.2 Å². The molecule has 0 saturated carbocycles. The van der Waals surface area contributed by atoms with E-state index >= 15 is 0 Å². The smallest absolute Gasteiger partial charge is 0.320 e. The number of carbonyl (C=O) groups excluding carboxylic acids is 1. The second-order valence-corrected chi connectivity index (χ2v) is 9.09. The van der Waals surface area contributed by atoms with Crippen LogP contribution < -0.4 is 10.6 Å². The van der Waals surface area contributed by atoms with Crippen molar-refractivity contribution in [2.24, 2.45) is 0 Å². The van der Waals surface area contributed by atoms with Gasteiger partial charge in [-0.25, -0.2) is 9.48 Å². The molecule has 0 spiro atoms. The molecule has 158 valence electrons. The normalized spacial score (nSPS) is 11.4. The van der Waals surface area contributed by atoms with Gasteiger partial charge in [0.15, 0.2) is 0 Å². The van der Waals surface area contributed by atoms with Crippen LogP contribution in [0.25, 0.3) is 5.69 Å². The minimum absolute atomic E-state index is 0.0108. The number of thioether (sulfide) groups is 1.